The normalized spacial score (nSPS) is 12.3. The highest BCUT2D eigenvalue weighted by molar-refractivity contribution is 5.13. The third-order valence-electron chi connectivity index (χ3n) is 13.9. The van der Waals surface area contributed by atoms with E-state index in [9.17, 15) is 0 Å². The van der Waals surface area contributed by atoms with Gasteiger partial charge in [-0.3, -0.25) is 0 Å². The maximum Gasteiger partial charge on any atom is 0.0316 e. The zero-order valence-corrected chi connectivity index (χ0v) is 44.6. The summed E-state index contributed by atoms with van der Waals surface area (Å²) in [5, 5.41) is 4.25. The number of nitrogens with one attached hydrogen (secondary N) is 1. The minimum atomic E-state index is 0.330. The fourth-order valence-corrected chi connectivity index (χ4v) is 9.31. The van der Waals surface area contributed by atoms with Crippen LogP contribution in [0.25, 0.3) is 0 Å². The predicted octanol–water partition coefficient (Wildman–Crippen LogP) is 22.3. The van der Waals surface area contributed by atoms with Gasteiger partial charge in [0.25, 0.3) is 0 Å². The molecule has 0 aliphatic heterocycles. The lowest BCUT2D eigenvalue weighted by atomic mass is 9.91. The Kier molecular flexibility index (Phi) is 49.5. The molecule has 0 spiro atoms. The summed E-state index contributed by atoms with van der Waals surface area (Å²) in [6.45, 7) is 27.9. The Morgan fingerprint density at radius 1 is 0.328 bits per heavy atom. The number of unbranched alkanes of at least 4 members (excludes halogenated alkanes) is 30. The van der Waals surface area contributed by atoms with Gasteiger partial charge in [0.05, 0.1) is 0 Å². The lowest BCUT2D eigenvalue weighted by Crippen LogP contribution is -2.40. The largest absolute Gasteiger partial charge is 0.307 e. The second-order valence-electron chi connectivity index (χ2n) is 20.6. The van der Waals surface area contributed by atoms with Crippen LogP contribution in [0.5, 0.6) is 0 Å². The molecular weight excluding hydrogens is 771 g/mol. The van der Waals surface area contributed by atoms with Crippen LogP contribution in [0.15, 0.2) is 72.9 Å². The van der Waals surface area contributed by atoms with Crippen LogP contribution in [0, 0.1) is 0 Å². The van der Waals surface area contributed by atoms with Crippen LogP contribution in [-0.4, -0.2) is 12.1 Å². The monoisotopic (exact) mass is 888 g/mol. The van der Waals surface area contributed by atoms with Crippen molar-refractivity contribution < 1.29 is 0 Å². The Hall–Kier alpha value is -1.60. The molecule has 0 fully saturated rings. The number of hydrogen-bond acceptors (Lipinski definition) is 1. The van der Waals surface area contributed by atoms with Gasteiger partial charge in [-0.25, -0.2) is 0 Å². The van der Waals surface area contributed by atoms with Gasteiger partial charge < -0.3 is 5.32 Å². The first-order valence-electron chi connectivity index (χ1n) is 29.1. The van der Waals surface area contributed by atoms with E-state index in [0.29, 0.717) is 12.1 Å². The molecule has 0 aromatic rings. The van der Waals surface area contributed by atoms with Crippen LogP contribution >= 0.6 is 0 Å². The van der Waals surface area contributed by atoms with Gasteiger partial charge >= 0.3 is 0 Å². The molecule has 1 atom stereocenters. The Morgan fingerprint density at radius 2 is 0.609 bits per heavy atom. The molecule has 1 N–H and O–H groups in total. The van der Waals surface area contributed by atoms with Crippen LogP contribution in [-0.2, 0) is 0 Å². The first-order chi connectivity index (χ1) is 31.4. The average Bonchev–Trinajstić information content (AvgIpc) is 3.29. The third-order valence-corrected chi connectivity index (χ3v) is 13.9. The molecular formula is C63H117N. The Morgan fingerprint density at radius 3 is 0.953 bits per heavy atom. The van der Waals surface area contributed by atoms with E-state index in [1.54, 1.807) is 0 Å². The SMILES string of the molecule is C=C(CCCCCCC/C=C\CCCCCCCC)CCC(CCC(=C)CCCCCCC/C=C\CCCCCCCC)NC(CC(=C)CCCCCCC)C(=C)CCCCCCC. The number of hydrogen-bond donors (Lipinski definition) is 1. The summed E-state index contributed by atoms with van der Waals surface area (Å²) in [7, 11) is 0. The van der Waals surface area contributed by atoms with Crippen molar-refractivity contribution in [2.24, 2.45) is 0 Å². The van der Waals surface area contributed by atoms with Crippen molar-refractivity contribution in [3.63, 3.8) is 0 Å². The zero-order valence-electron chi connectivity index (χ0n) is 44.6. The van der Waals surface area contributed by atoms with E-state index in [0.717, 1.165) is 32.1 Å². The molecule has 64 heavy (non-hydrogen) atoms. The van der Waals surface area contributed by atoms with Crippen LogP contribution < -0.4 is 5.32 Å². The molecule has 0 saturated heterocycles. The van der Waals surface area contributed by atoms with E-state index in [2.05, 4.69) is 77.1 Å². The first-order valence-corrected chi connectivity index (χ1v) is 29.1. The van der Waals surface area contributed by atoms with Gasteiger partial charge in [0.1, 0.15) is 0 Å². The van der Waals surface area contributed by atoms with Crippen LogP contribution in [0.3, 0.4) is 0 Å². The highest BCUT2D eigenvalue weighted by Gasteiger charge is 2.20. The van der Waals surface area contributed by atoms with Crippen molar-refractivity contribution in [3.8, 4) is 0 Å². The van der Waals surface area contributed by atoms with E-state index < -0.39 is 0 Å². The van der Waals surface area contributed by atoms with E-state index in [1.165, 1.54) is 279 Å². The summed E-state index contributed by atoms with van der Waals surface area (Å²) in [5.41, 5.74) is 5.74. The van der Waals surface area contributed by atoms with E-state index in [4.69, 9.17) is 6.58 Å². The minimum Gasteiger partial charge on any atom is -0.307 e. The Balaban J connectivity index is 5.01. The van der Waals surface area contributed by atoms with Crippen molar-refractivity contribution in [1.29, 1.82) is 0 Å². The lowest BCUT2D eigenvalue weighted by Gasteiger charge is -2.29. The molecule has 0 rings (SSSR count). The summed E-state index contributed by atoms with van der Waals surface area (Å²) >= 11 is 0. The highest BCUT2D eigenvalue weighted by atomic mass is 15.0. The smallest absolute Gasteiger partial charge is 0.0316 e. The van der Waals surface area contributed by atoms with Crippen LogP contribution in [0.2, 0.25) is 0 Å². The average molecular weight is 889 g/mol. The summed E-state index contributed by atoms with van der Waals surface area (Å²) in [4.78, 5) is 0. The van der Waals surface area contributed by atoms with Crippen LogP contribution in [0.1, 0.15) is 317 Å². The molecule has 0 aromatic carbocycles. The molecule has 1 nitrogen and oxygen atoms in total. The number of allylic oxidation sites excluding steroid dienone is 6. The molecule has 0 bridgehead atoms. The predicted molar refractivity (Wildman–Crippen MR) is 296 cm³/mol. The molecule has 0 aromatic heterocycles. The number of rotatable bonds is 53. The maximum absolute atomic E-state index is 4.75. The molecule has 0 heterocycles. The van der Waals surface area contributed by atoms with Crippen LogP contribution in [0.4, 0.5) is 0 Å². The molecule has 0 aliphatic rings. The lowest BCUT2D eigenvalue weighted by molar-refractivity contribution is 0.398. The molecule has 374 valence electrons. The maximum atomic E-state index is 4.75. The van der Waals surface area contributed by atoms with Crippen molar-refractivity contribution in [2.75, 3.05) is 0 Å². The fourth-order valence-electron chi connectivity index (χ4n) is 9.31. The van der Waals surface area contributed by atoms with E-state index in [1.807, 2.05) is 0 Å². The standard InChI is InChI=1S/C63H117N/c1-9-13-17-21-23-25-27-29-31-33-35-37-39-43-45-49-58(5)53-55-62(56-54-59(6)50-46-44-40-38-36-34-32-30-28-26-24-22-18-14-10-2)64-63(61(8)52-48-42-20-16-12-4)57-60(7)51-47-41-19-15-11-3/h29-32,62-64H,5-28,33-57H2,1-4H3/b31-29-,32-30-. The topological polar surface area (TPSA) is 12.0 Å². The van der Waals surface area contributed by atoms with Gasteiger partial charge in [-0.05, 0) is 135 Å². The van der Waals surface area contributed by atoms with Gasteiger partial charge in [-0.2, -0.15) is 0 Å². The quantitative estimate of drug-likeness (QED) is 0.0474. The van der Waals surface area contributed by atoms with E-state index >= 15 is 0 Å². The van der Waals surface area contributed by atoms with Gasteiger partial charge in [-0.15, -0.1) is 0 Å². The Labute approximate surface area is 405 Å². The van der Waals surface area contributed by atoms with Crippen molar-refractivity contribution >= 4 is 0 Å². The summed E-state index contributed by atoms with van der Waals surface area (Å²) in [6.07, 6.45) is 68.7. The van der Waals surface area contributed by atoms with Crippen molar-refractivity contribution in [3.05, 3.63) is 72.9 Å². The van der Waals surface area contributed by atoms with Gasteiger partial charge in [0.2, 0.25) is 0 Å². The second-order valence-corrected chi connectivity index (χ2v) is 20.6. The summed E-state index contributed by atoms with van der Waals surface area (Å²) in [5.74, 6) is 0. The second kappa shape index (κ2) is 50.8. The third kappa shape index (κ3) is 45.6. The molecule has 0 amide bonds. The molecule has 0 saturated carbocycles. The summed E-state index contributed by atoms with van der Waals surface area (Å²) < 4.78 is 0. The zero-order chi connectivity index (χ0) is 46.8. The molecule has 1 unspecified atom stereocenters. The Bertz CT molecular complexity index is 1030. The fraction of sp³-hybridized carbons (Fsp3) is 0.810. The molecule has 0 aliphatic carbocycles. The first kappa shape index (κ1) is 62.4. The molecule has 1 heteroatoms. The minimum absolute atomic E-state index is 0.330. The highest BCUT2D eigenvalue weighted by Crippen LogP contribution is 2.25. The molecule has 0 radical (unpaired) electrons. The van der Waals surface area contributed by atoms with Crippen molar-refractivity contribution in [2.45, 2.75) is 329 Å². The van der Waals surface area contributed by atoms with Crippen molar-refractivity contribution in [1.82, 2.24) is 5.32 Å². The van der Waals surface area contributed by atoms with E-state index in [-0.39, 0.29) is 0 Å². The van der Waals surface area contributed by atoms with Gasteiger partial charge in [0.15, 0.2) is 0 Å². The summed E-state index contributed by atoms with van der Waals surface area (Å²) in [6, 6.07) is 0.799. The van der Waals surface area contributed by atoms with Gasteiger partial charge in [-0.1, -0.05) is 255 Å². The van der Waals surface area contributed by atoms with Gasteiger partial charge in [0, 0.05) is 12.1 Å².